The highest BCUT2D eigenvalue weighted by Crippen LogP contribution is 2.31. The van der Waals surface area contributed by atoms with Gasteiger partial charge in [-0.25, -0.2) is 4.98 Å². The van der Waals surface area contributed by atoms with Gasteiger partial charge in [0.05, 0.1) is 24.8 Å². The fraction of sp³-hybridized carbons (Fsp3) is 0.308. The maximum absolute atomic E-state index is 6.02. The molecule has 1 unspecified atom stereocenters. The molecule has 0 bridgehead atoms. The molecule has 0 amide bonds. The summed E-state index contributed by atoms with van der Waals surface area (Å²) in [6.45, 7) is 3.94. The Bertz CT molecular complexity index is 1150. The predicted molar refractivity (Wildman–Crippen MR) is 126 cm³/mol. The van der Waals surface area contributed by atoms with Crippen LogP contribution in [0.4, 0.5) is 0 Å². The number of aromatic nitrogens is 2. The van der Waals surface area contributed by atoms with Crippen molar-refractivity contribution in [3.05, 3.63) is 83.4 Å². The predicted octanol–water partition coefficient (Wildman–Crippen LogP) is 5.14. The van der Waals surface area contributed by atoms with Gasteiger partial charge in [-0.05, 0) is 54.7 Å². The number of imidazole rings is 1. The summed E-state index contributed by atoms with van der Waals surface area (Å²) >= 11 is 0. The summed E-state index contributed by atoms with van der Waals surface area (Å²) in [5, 5.41) is 4.62. The van der Waals surface area contributed by atoms with Gasteiger partial charge in [-0.1, -0.05) is 41.6 Å². The molecule has 1 atom stereocenters. The molecule has 1 saturated heterocycles. The monoisotopic (exact) mass is 428 g/mol. The molecule has 0 aliphatic carbocycles. The minimum atomic E-state index is -0.00596. The van der Waals surface area contributed by atoms with Crippen molar-refractivity contribution in [2.75, 3.05) is 20.2 Å². The molecule has 0 saturated carbocycles. The van der Waals surface area contributed by atoms with Gasteiger partial charge < -0.3 is 19.0 Å². The molecule has 1 aromatic heterocycles. The molecule has 2 aromatic carbocycles. The van der Waals surface area contributed by atoms with E-state index in [9.17, 15) is 0 Å². The molecule has 3 aromatic rings. The van der Waals surface area contributed by atoms with E-state index < -0.39 is 0 Å². The number of benzene rings is 2. The van der Waals surface area contributed by atoms with E-state index in [4.69, 9.17) is 9.57 Å². The molecule has 3 heterocycles. The van der Waals surface area contributed by atoms with Crippen LogP contribution in [-0.4, -0.2) is 40.5 Å². The lowest BCUT2D eigenvalue weighted by molar-refractivity contribution is 0.0576. The topological polar surface area (TPSA) is 51.9 Å². The number of piperidine rings is 1. The Morgan fingerprint density at radius 2 is 2.00 bits per heavy atom. The Morgan fingerprint density at radius 1 is 1.12 bits per heavy atom. The maximum atomic E-state index is 6.02. The number of hydrogen-bond donors (Lipinski definition) is 0. The first-order valence-corrected chi connectivity index (χ1v) is 11.1. The number of oxime groups is 1. The van der Waals surface area contributed by atoms with Gasteiger partial charge in [-0.2, -0.15) is 0 Å². The second kappa shape index (κ2) is 8.91. The first kappa shape index (κ1) is 20.4. The van der Waals surface area contributed by atoms with E-state index in [0.717, 1.165) is 60.9 Å². The Morgan fingerprint density at radius 3 is 2.78 bits per heavy atom. The zero-order valence-corrected chi connectivity index (χ0v) is 18.6. The van der Waals surface area contributed by atoms with Gasteiger partial charge in [0.2, 0.25) is 0 Å². The molecule has 5 rings (SSSR count). The van der Waals surface area contributed by atoms with Gasteiger partial charge in [0.15, 0.2) is 11.9 Å². The molecule has 2 aliphatic heterocycles. The molecule has 164 valence electrons. The summed E-state index contributed by atoms with van der Waals surface area (Å²) < 4.78 is 7.67. The van der Waals surface area contributed by atoms with Crippen LogP contribution in [-0.2, 0) is 4.84 Å². The molecule has 32 heavy (non-hydrogen) atoms. The molecule has 0 radical (unpaired) electrons. The minimum absolute atomic E-state index is 0.00596. The highest BCUT2D eigenvalue weighted by molar-refractivity contribution is 6.02. The maximum Gasteiger partial charge on any atom is 0.171 e. The number of nitrogens with zero attached hydrogens (tertiary/aromatic N) is 4. The van der Waals surface area contributed by atoms with E-state index in [-0.39, 0.29) is 6.10 Å². The van der Waals surface area contributed by atoms with Gasteiger partial charge in [0, 0.05) is 25.7 Å². The zero-order chi connectivity index (χ0) is 21.9. The number of ether oxygens (including phenoxy) is 1. The number of amidine groups is 1. The van der Waals surface area contributed by atoms with Gasteiger partial charge in [-0.3, -0.25) is 0 Å². The summed E-state index contributed by atoms with van der Waals surface area (Å²) in [6.07, 6.45) is 9.04. The average molecular weight is 429 g/mol. The molecule has 1 fully saturated rings. The number of fused-ring (bicyclic) bond motifs is 1. The highest BCUT2D eigenvalue weighted by atomic mass is 16.6. The van der Waals surface area contributed by atoms with Crippen molar-refractivity contribution in [3.63, 3.8) is 0 Å². The molecule has 6 heteroatoms. The number of rotatable bonds is 4. The van der Waals surface area contributed by atoms with Crippen LogP contribution in [0.1, 0.15) is 42.2 Å². The Hall–Kier alpha value is -3.54. The van der Waals surface area contributed by atoms with Crippen LogP contribution in [0.25, 0.3) is 11.8 Å². The van der Waals surface area contributed by atoms with Crippen LogP contribution in [0.15, 0.2) is 71.8 Å². The SMILES string of the molecule is COc1cc(/C=C2\CCCN3CCC(c4ccccc4)ON=C23)ccc1-n1cnc(C)c1. The van der Waals surface area contributed by atoms with Crippen LogP contribution >= 0.6 is 0 Å². The highest BCUT2D eigenvalue weighted by Gasteiger charge is 2.27. The molecule has 6 nitrogen and oxygen atoms in total. The van der Waals surface area contributed by atoms with Crippen molar-refractivity contribution in [2.45, 2.75) is 32.3 Å². The van der Waals surface area contributed by atoms with Crippen LogP contribution < -0.4 is 4.74 Å². The molecular formula is C26H28N4O2. The Kier molecular flexibility index (Phi) is 5.67. The first-order valence-electron chi connectivity index (χ1n) is 11.1. The van der Waals surface area contributed by atoms with Crippen molar-refractivity contribution >= 4 is 11.9 Å². The summed E-state index contributed by atoms with van der Waals surface area (Å²) in [4.78, 5) is 12.7. The zero-order valence-electron chi connectivity index (χ0n) is 18.6. The Balaban J connectivity index is 1.43. The van der Waals surface area contributed by atoms with E-state index >= 15 is 0 Å². The number of aryl methyl sites for hydroxylation is 1. The number of methoxy groups -OCH3 is 1. The lowest BCUT2D eigenvalue weighted by Gasteiger charge is -2.29. The van der Waals surface area contributed by atoms with E-state index in [0.29, 0.717) is 0 Å². The number of hydrogen-bond acceptors (Lipinski definition) is 5. The summed E-state index contributed by atoms with van der Waals surface area (Å²) in [5.41, 5.74) is 5.42. The smallest absolute Gasteiger partial charge is 0.171 e. The largest absolute Gasteiger partial charge is 0.495 e. The van der Waals surface area contributed by atoms with Crippen molar-refractivity contribution in [1.29, 1.82) is 0 Å². The second-order valence-electron chi connectivity index (χ2n) is 8.32. The molecule has 0 N–H and O–H groups in total. The fourth-order valence-electron chi connectivity index (χ4n) is 4.44. The van der Waals surface area contributed by atoms with E-state index in [2.05, 4.69) is 63.6 Å². The molecule has 2 aliphatic rings. The second-order valence-corrected chi connectivity index (χ2v) is 8.32. The van der Waals surface area contributed by atoms with E-state index in [1.807, 2.05) is 30.1 Å². The van der Waals surface area contributed by atoms with Gasteiger partial charge in [-0.15, -0.1) is 0 Å². The van der Waals surface area contributed by atoms with Crippen LogP contribution in [0.5, 0.6) is 5.75 Å². The molecular weight excluding hydrogens is 400 g/mol. The van der Waals surface area contributed by atoms with Gasteiger partial charge >= 0.3 is 0 Å². The lowest BCUT2D eigenvalue weighted by atomic mass is 9.99. The third kappa shape index (κ3) is 4.13. The van der Waals surface area contributed by atoms with Crippen molar-refractivity contribution in [3.8, 4) is 11.4 Å². The fourth-order valence-corrected chi connectivity index (χ4v) is 4.44. The Labute approximate surface area is 188 Å². The standard InChI is InChI=1S/C26H28N4O2/c1-19-17-30(18-27-19)23-11-10-20(16-25(23)31-2)15-22-9-6-13-29-14-12-24(32-28-26(22)29)21-7-4-3-5-8-21/h3-5,7-8,10-11,15-18,24H,6,9,12-14H2,1-2H3/b22-15+. The molecule has 0 spiro atoms. The lowest BCUT2D eigenvalue weighted by Crippen LogP contribution is -2.37. The third-order valence-electron chi connectivity index (χ3n) is 6.09. The van der Waals surface area contributed by atoms with Crippen LogP contribution in [0, 0.1) is 6.92 Å². The van der Waals surface area contributed by atoms with Crippen molar-refractivity contribution in [1.82, 2.24) is 14.5 Å². The summed E-state index contributed by atoms with van der Waals surface area (Å²) in [6, 6.07) is 16.6. The van der Waals surface area contributed by atoms with Crippen LogP contribution in [0.2, 0.25) is 0 Å². The first-order chi connectivity index (χ1) is 15.7. The van der Waals surface area contributed by atoms with Crippen molar-refractivity contribution < 1.29 is 9.57 Å². The van der Waals surface area contributed by atoms with E-state index in [1.165, 1.54) is 11.1 Å². The van der Waals surface area contributed by atoms with Crippen molar-refractivity contribution in [2.24, 2.45) is 5.16 Å². The average Bonchev–Trinajstić information content (AvgIpc) is 3.13. The van der Waals surface area contributed by atoms with Gasteiger partial charge in [0.1, 0.15) is 5.75 Å². The quantitative estimate of drug-likeness (QED) is 0.577. The van der Waals surface area contributed by atoms with E-state index in [1.54, 1.807) is 7.11 Å². The summed E-state index contributed by atoms with van der Waals surface area (Å²) in [7, 11) is 1.70. The minimum Gasteiger partial charge on any atom is -0.495 e. The third-order valence-corrected chi connectivity index (χ3v) is 6.09. The van der Waals surface area contributed by atoms with Crippen LogP contribution in [0.3, 0.4) is 0 Å². The normalized spacial score (nSPS) is 19.7. The summed E-state index contributed by atoms with van der Waals surface area (Å²) in [5.74, 6) is 1.77. The van der Waals surface area contributed by atoms with Gasteiger partial charge in [0.25, 0.3) is 0 Å².